The topological polar surface area (TPSA) is 29.5 Å². The highest BCUT2D eigenvalue weighted by Gasteiger charge is 2.46. The molecule has 1 unspecified atom stereocenters. The van der Waals surface area contributed by atoms with E-state index in [4.69, 9.17) is 4.74 Å². The van der Waals surface area contributed by atoms with Crippen LogP contribution in [-0.4, -0.2) is 12.2 Å². The number of hydrogen-bond acceptors (Lipinski definition) is 2. The van der Waals surface area contributed by atoms with Crippen LogP contribution in [0.25, 0.3) is 0 Å². The number of ether oxygens (including phenoxy) is 1. The maximum absolute atomic E-state index is 13.1. The Morgan fingerprint density at radius 1 is 1.00 bits per heavy atom. The summed E-state index contributed by atoms with van der Waals surface area (Å²) in [6.07, 6.45) is 1.97. The number of halogens is 1. The van der Waals surface area contributed by atoms with Gasteiger partial charge in [0.1, 0.15) is 17.2 Å². The fourth-order valence-electron chi connectivity index (χ4n) is 2.69. The molecule has 2 aromatic rings. The van der Waals surface area contributed by atoms with Gasteiger partial charge in [-0.05, 0) is 54.2 Å². The molecule has 0 heterocycles. The van der Waals surface area contributed by atoms with Gasteiger partial charge in [-0.15, -0.1) is 0 Å². The molecule has 1 aliphatic carbocycles. The van der Waals surface area contributed by atoms with Gasteiger partial charge in [0.25, 0.3) is 0 Å². The third-order valence-electron chi connectivity index (χ3n) is 3.98. The van der Waals surface area contributed by atoms with Gasteiger partial charge in [-0.25, -0.2) is 4.39 Å². The number of aliphatic hydroxyl groups is 1. The maximum atomic E-state index is 13.1. The molecule has 0 spiro atoms. The lowest BCUT2D eigenvalue weighted by molar-refractivity contribution is 0.0563. The zero-order valence-electron chi connectivity index (χ0n) is 11.3. The first-order valence-electron chi connectivity index (χ1n) is 6.77. The molecule has 0 radical (unpaired) electrons. The Hall–Kier alpha value is -1.87. The minimum atomic E-state index is -1.04. The SMILES string of the molecule is COc1ccc(C(O)(c2ccc(F)cc2)C2CC2)cc1. The summed E-state index contributed by atoms with van der Waals surface area (Å²) in [5.74, 6) is 0.661. The summed E-state index contributed by atoms with van der Waals surface area (Å²) in [6, 6.07) is 13.5. The van der Waals surface area contributed by atoms with Crippen LogP contribution in [0.3, 0.4) is 0 Å². The summed E-state index contributed by atoms with van der Waals surface area (Å²) in [7, 11) is 1.61. The second kappa shape index (κ2) is 4.91. The first-order chi connectivity index (χ1) is 9.64. The Labute approximate surface area is 117 Å². The lowest BCUT2D eigenvalue weighted by Crippen LogP contribution is -2.29. The van der Waals surface area contributed by atoms with E-state index in [1.807, 2.05) is 24.3 Å². The molecule has 3 rings (SSSR count). The third-order valence-corrected chi connectivity index (χ3v) is 3.98. The average Bonchev–Trinajstić information content (AvgIpc) is 3.32. The van der Waals surface area contributed by atoms with Crippen LogP contribution in [0.2, 0.25) is 0 Å². The van der Waals surface area contributed by atoms with E-state index >= 15 is 0 Å². The van der Waals surface area contributed by atoms with E-state index in [-0.39, 0.29) is 11.7 Å². The lowest BCUT2D eigenvalue weighted by atomic mass is 9.82. The monoisotopic (exact) mass is 272 g/mol. The zero-order valence-corrected chi connectivity index (χ0v) is 11.3. The average molecular weight is 272 g/mol. The van der Waals surface area contributed by atoms with E-state index in [9.17, 15) is 9.50 Å². The third kappa shape index (κ3) is 2.18. The van der Waals surface area contributed by atoms with Gasteiger partial charge in [-0.2, -0.15) is 0 Å². The van der Waals surface area contributed by atoms with Gasteiger partial charge in [-0.1, -0.05) is 24.3 Å². The molecule has 1 aliphatic rings. The molecule has 0 amide bonds. The lowest BCUT2D eigenvalue weighted by Gasteiger charge is -2.29. The molecular weight excluding hydrogens is 255 g/mol. The van der Waals surface area contributed by atoms with Crippen molar-refractivity contribution in [3.8, 4) is 5.75 Å². The molecule has 1 saturated carbocycles. The fraction of sp³-hybridized carbons (Fsp3) is 0.294. The first-order valence-corrected chi connectivity index (χ1v) is 6.77. The minimum absolute atomic E-state index is 0.196. The van der Waals surface area contributed by atoms with Crippen LogP contribution in [0.1, 0.15) is 24.0 Å². The summed E-state index contributed by atoms with van der Waals surface area (Å²) in [4.78, 5) is 0. The van der Waals surface area contributed by atoms with Gasteiger partial charge in [-0.3, -0.25) is 0 Å². The van der Waals surface area contributed by atoms with Crippen LogP contribution < -0.4 is 4.74 Å². The summed E-state index contributed by atoms with van der Waals surface area (Å²) >= 11 is 0. The van der Waals surface area contributed by atoms with Gasteiger partial charge in [0.2, 0.25) is 0 Å². The van der Waals surface area contributed by atoms with Gasteiger partial charge in [0.05, 0.1) is 7.11 Å². The van der Waals surface area contributed by atoms with Crippen molar-refractivity contribution < 1.29 is 14.2 Å². The van der Waals surface area contributed by atoms with Crippen molar-refractivity contribution in [1.29, 1.82) is 0 Å². The highest BCUT2D eigenvalue weighted by atomic mass is 19.1. The van der Waals surface area contributed by atoms with Crippen molar-refractivity contribution in [1.82, 2.24) is 0 Å². The predicted octanol–water partition coefficient (Wildman–Crippen LogP) is 3.48. The molecular formula is C17H17FO2. The Morgan fingerprint density at radius 2 is 1.50 bits per heavy atom. The van der Waals surface area contributed by atoms with Crippen LogP contribution >= 0.6 is 0 Å². The molecule has 1 atom stereocenters. The molecule has 104 valence electrons. The maximum Gasteiger partial charge on any atom is 0.123 e. The Morgan fingerprint density at radius 3 is 1.95 bits per heavy atom. The minimum Gasteiger partial charge on any atom is -0.497 e. The number of hydrogen-bond donors (Lipinski definition) is 1. The van der Waals surface area contributed by atoms with Crippen LogP contribution in [-0.2, 0) is 5.60 Å². The van der Waals surface area contributed by atoms with E-state index in [1.54, 1.807) is 19.2 Å². The van der Waals surface area contributed by atoms with Crippen molar-refractivity contribution in [3.05, 3.63) is 65.5 Å². The van der Waals surface area contributed by atoms with Gasteiger partial charge < -0.3 is 9.84 Å². The second-order valence-corrected chi connectivity index (χ2v) is 5.28. The second-order valence-electron chi connectivity index (χ2n) is 5.28. The van der Waals surface area contributed by atoms with E-state index < -0.39 is 5.60 Å². The molecule has 1 fully saturated rings. The quantitative estimate of drug-likeness (QED) is 0.923. The standard InChI is InChI=1S/C17H17FO2/c1-20-16-10-6-14(7-11-16)17(19,12-2-3-12)13-4-8-15(18)9-5-13/h4-12,19H,2-3H2,1H3. The number of rotatable bonds is 4. The first kappa shape index (κ1) is 13.1. The summed E-state index contributed by atoms with van der Waals surface area (Å²) in [5, 5.41) is 11.2. The Kier molecular flexibility index (Phi) is 3.22. The molecule has 0 aliphatic heterocycles. The molecule has 0 aromatic heterocycles. The molecule has 20 heavy (non-hydrogen) atoms. The molecule has 2 nitrogen and oxygen atoms in total. The number of methoxy groups -OCH3 is 1. The smallest absolute Gasteiger partial charge is 0.123 e. The van der Waals surface area contributed by atoms with E-state index in [2.05, 4.69) is 0 Å². The van der Waals surface area contributed by atoms with Crippen molar-refractivity contribution in [2.75, 3.05) is 7.11 Å². The fourth-order valence-corrected chi connectivity index (χ4v) is 2.69. The van der Waals surface area contributed by atoms with Crippen LogP contribution in [0.15, 0.2) is 48.5 Å². The van der Waals surface area contributed by atoms with Crippen molar-refractivity contribution in [3.63, 3.8) is 0 Å². The predicted molar refractivity (Wildman–Crippen MR) is 75.1 cm³/mol. The van der Waals surface area contributed by atoms with E-state index in [0.29, 0.717) is 0 Å². The summed E-state index contributed by atoms with van der Waals surface area (Å²) in [5.41, 5.74) is 0.527. The van der Waals surface area contributed by atoms with Crippen LogP contribution in [0.5, 0.6) is 5.75 Å². The van der Waals surface area contributed by atoms with E-state index in [1.165, 1.54) is 12.1 Å². The van der Waals surface area contributed by atoms with Crippen molar-refractivity contribution in [2.24, 2.45) is 5.92 Å². The van der Waals surface area contributed by atoms with E-state index in [0.717, 1.165) is 29.7 Å². The molecule has 1 N–H and O–H groups in total. The van der Waals surface area contributed by atoms with Crippen LogP contribution in [0.4, 0.5) is 4.39 Å². The molecule has 2 aromatic carbocycles. The van der Waals surface area contributed by atoms with Gasteiger partial charge in [0, 0.05) is 0 Å². The number of benzene rings is 2. The van der Waals surface area contributed by atoms with Crippen LogP contribution in [0, 0.1) is 11.7 Å². The summed E-state index contributed by atoms with van der Waals surface area (Å²) in [6.45, 7) is 0. The highest BCUT2D eigenvalue weighted by molar-refractivity contribution is 5.40. The highest BCUT2D eigenvalue weighted by Crippen LogP contribution is 2.49. The Bertz CT molecular complexity index is 587. The molecule has 3 heteroatoms. The summed E-state index contributed by atoms with van der Waals surface area (Å²) < 4.78 is 18.2. The normalized spacial score (nSPS) is 17.6. The van der Waals surface area contributed by atoms with Crippen molar-refractivity contribution >= 4 is 0 Å². The van der Waals surface area contributed by atoms with Gasteiger partial charge in [0.15, 0.2) is 0 Å². The molecule has 0 saturated heterocycles. The van der Waals surface area contributed by atoms with Crippen molar-refractivity contribution in [2.45, 2.75) is 18.4 Å². The molecule has 0 bridgehead atoms. The zero-order chi connectivity index (χ0) is 14.2. The van der Waals surface area contributed by atoms with Gasteiger partial charge >= 0.3 is 0 Å². The Balaban J connectivity index is 2.04. The largest absolute Gasteiger partial charge is 0.497 e.